The van der Waals surface area contributed by atoms with Gasteiger partial charge in [-0.2, -0.15) is 0 Å². The molecule has 0 N–H and O–H groups in total. The van der Waals surface area contributed by atoms with Crippen LogP contribution in [-0.4, -0.2) is 11.0 Å². The van der Waals surface area contributed by atoms with Crippen LogP contribution in [0.5, 0.6) is 0 Å². The number of hydrogen-bond acceptors (Lipinski definition) is 2. The molecule has 2 heteroatoms. The predicted molar refractivity (Wildman–Crippen MR) is 60.2 cm³/mol. The van der Waals surface area contributed by atoms with Gasteiger partial charge in [0, 0.05) is 15.7 Å². The Labute approximate surface area is 88.9 Å². The third kappa shape index (κ3) is 1.59. The van der Waals surface area contributed by atoms with Crippen LogP contribution in [0.15, 0.2) is 17.0 Å². The molecule has 0 saturated carbocycles. The number of thioether (sulfide) groups is 1. The van der Waals surface area contributed by atoms with Gasteiger partial charge >= 0.3 is 0 Å². The fraction of sp³-hybridized carbons (Fsp3) is 0.417. The number of benzene rings is 1. The van der Waals surface area contributed by atoms with E-state index in [0.29, 0.717) is 5.25 Å². The summed E-state index contributed by atoms with van der Waals surface area (Å²) in [5, 5.41) is 0.659. The highest BCUT2D eigenvalue weighted by atomic mass is 32.2. The largest absolute Gasteiger partial charge is 0.295 e. The maximum Gasteiger partial charge on any atom is 0.160 e. The summed E-state index contributed by atoms with van der Waals surface area (Å²) in [6.07, 6.45) is 1.14. The third-order valence-electron chi connectivity index (χ3n) is 2.62. The fourth-order valence-electron chi connectivity index (χ4n) is 1.96. The van der Waals surface area contributed by atoms with Crippen molar-refractivity contribution in [1.82, 2.24) is 0 Å². The lowest BCUT2D eigenvalue weighted by Gasteiger charge is -2.05. The number of carbonyl (C=O) groups excluding carboxylic acids is 1. The van der Waals surface area contributed by atoms with Crippen LogP contribution in [0.2, 0.25) is 0 Å². The van der Waals surface area contributed by atoms with Gasteiger partial charge in [-0.05, 0) is 37.5 Å². The summed E-state index contributed by atoms with van der Waals surface area (Å²) in [5.41, 5.74) is 3.40. The average molecular weight is 206 g/mol. The van der Waals surface area contributed by atoms with Crippen LogP contribution in [0.25, 0.3) is 0 Å². The molecule has 0 aliphatic carbocycles. The highest BCUT2D eigenvalue weighted by Gasteiger charge is 2.20. The normalized spacial score (nSPS) is 19.5. The molecule has 14 heavy (non-hydrogen) atoms. The molecule has 1 nitrogen and oxygen atoms in total. The Morgan fingerprint density at radius 2 is 2.21 bits per heavy atom. The number of Topliss-reactive ketones (excluding diaryl/α,β-unsaturated/α-hetero) is 1. The average Bonchev–Trinajstić information content (AvgIpc) is 2.42. The summed E-state index contributed by atoms with van der Waals surface area (Å²) < 4.78 is 0. The Morgan fingerprint density at radius 1 is 1.50 bits per heavy atom. The number of rotatable bonds is 1. The molecule has 1 atom stereocenters. The maximum absolute atomic E-state index is 11.3. The first kappa shape index (κ1) is 9.78. The van der Waals surface area contributed by atoms with E-state index >= 15 is 0 Å². The van der Waals surface area contributed by atoms with Crippen LogP contribution in [-0.2, 0) is 6.42 Å². The highest BCUT2D eigenvalue weighted by Crippen LogP contribution is 2.38. The van der Waals surface area contributed by atoms with Gasteiger partial charge in [-0.1, -0.05) is 13.0 Å². The SMILES string of the molecule is CC(=O)c1cc2c(cc1C)CC(C)S2. The Hall–Kier alpha value is -0.760. The van der Waals surface area contributed by atoms with Crippen LogP contribution in [0.3, 0.4) is 0 Å². The molecule has 0 saturated heterocycles. The van der Waals surface area contributed by atoms with E-state index in [4.69, 9.17) is 0 Å². The topological polar surface area (TPSA) is 17.1 Å². The van der Waals surface area contributed by atoms with Gasteiger partial charge < -0.3 is 0 Å². The zero-order valence-electron chi connectivity index (χ0n) is 8.76. The second-order valence-corrected chi connectivity index (χ2v) is 5.44. The first-order chi connectivity index (χ1) is 6.58. The van der Waals surface area contributed by atoms with Gasteiger partial charge in [-0.3, -0.25) is 4.79 Å². The second kappa shape index (κ2) is 3.43. The zero-order chi connectivity index (χ0) is 10.3. The maximum atomic E-state index is 11.3. The highest BCUT2D eigenvalue weighted by molar-refractivity contribution is 8.00. The molecule has 74 valence electrons. The number of aryl methyl sites for hydroxylation is 1. The van der Waals surface area contributed by atoms with Gasteiger partial charge in [0.25, 0.3) is 0 Å². The quantitative estimate of drug-likeness (QED) is 0.656. The molecular formula is C12H14OS. The Bertz CT molecular complexity index is 396. The monoisotopic (exact) mass is 206 g/mol. The molecule has 1 aromatic carbocycles. The summed E-state index contributed by atoms with van der Waals surface area (Å²) in [6.45, 7) is 5.88. The first-order valence-corrected chi connectivity index (χ1v) is 5.77. The van der Waals surface area contributed by atoms with Crippen molar-refractivity contribution in [3.63, 3.8) is 0 Å². The lowest BCUT2D eigenvalue weighted by atomic mass is 10.0. The first-order valence-electron chi connectivity index (χ1n) is 4.89. The Morgan fingerprint density at radius 3 is 2.86 bits per heavy atom. The lowest BCUT2D eigenvalue weighted by Crippen LogP contribution is -1.97. The zero-order valence-corrected chi connectivity index (χ0v) is 9.57. The molecule has 1 aromatic rings. The molecule has 0 bridgehead atoms. The second-order valence-electron chi connectivity index (χ2n) is 3.96. The van der Waals surface area contributed by atoms with Gasteiger partial charge in [0.05, 0.1) is 0 Å². The van der Waals surface area contributed by atoms with Gasteiger partial charge in [0.15, 0.2) is 5.78 Å². The van der Waals surface area contributed by atoms with Gasteiger partial charge in [-0.15, -0.1) is 11.8 Å². The molecule has 1 heterocycles. The summed E-state index contributed by atoms with van der Waals surface area (Å²) in [7, 11) is 0. The van der Waals surface area contributed by atoms with Crippen molar-refractivity contribution in [2.75, 3.05) is 0 Å². The molecule has 2 rings (SSSR count). The van der Waals surface area contributed by atoms with E-state index in [2.05, 4.69) is 19.1 Å². The summed E-state index contributed by atoms with van der Waals surface area (Å²) in [6, 6.07) is 4.23. The van der Waals surface area contributed by atoms with E-state index < -0.39 is 0 Å². The van der Waals surface area contributed by atoms with Crippen molar-refractivity contribution in [2.24, 2.45) is 0 Å². The van der Waals surface area contributed by atoms with Crippen LogP contribution in [0.4, 0.5) is 0 Å². The number of carbonyl (C=O) groups is 1. The summed E-state index contributed by atoms with van der Waals surface area (Å²) >= 11 is 1.88. The Kier molecular flexibility index (Phi) is 2.40. The van der Waals surface area contributed by atoms with Gasteiger partial charge in [0.1, 0.15) is 0 Å². The van der Waals surface area contributed by atoms with Crippen LogP contribution >= 0.6 is 11.8 Å². The van der Waals surface area contributed by atoms with Crippen molar-refractivity contribution in [3.05, 3.63) is 28.8 Å². The van der Waals surface area contributed by atoms with Crippen molar-refractivity contribution >= 4 is 17.5 Å². The summed E-state index contributed by atoms with van der Waals surface area (Å²) in [4.78, 5) is 12.6. The number of hydrogen-bond donors (Lipinski definition) is 0. The minimum Gasteiger partial charge on any atom is -0.295 e. The molecular weight excluding hydrogens is 192 g/mol. The van der Waals surface area contributed by atoms with E-state index in [1.54, 1.807) is 6.92 Å². The van der Waals surface area contributed by atoms with E-state index in [0.717, 1.165) is 17.5 Å². The van der Waals surface area contributed by atoms with Crippen LogP contribution < -0.4 is 0 Å². The van der Waals surface area contributed by atoms with E-state index in [-0.39, 0.29) is 5.78 Å². The molecule has 1 unspecified atom stereocenters. The fourth-order valence-corrected chi connectivity index (χ4v) is 3.14. The molecule has 0 aromatic heterocycles. The van der Waals surface area contributed by atoms with Crippen molar-refractivity contribution in [3.8, 4) is 0 Å². The van der Waals surface area contributed by atoms with E-state index in [1.807, 2.05) is 18.7 Å². The third-order valence-corrected chi connectivity index (χ3v) is 3.83. The van der Waals surface area contributed by atoms with Crippen molar-refractivity contribution in [1.29, 1.82) is 0 Å². The minimum absolute atomic E-state index is 0.172. The molecule has 1 aliphatic heterocycles. The molecule has 0 spiro atoms. The molecule has 1 aliphatic rings. The number of ketones is 1. The van der Waals surface area contributed by atoms with Crippen molar-refractivity contribution < 1.29 is 4.79 Å². The smallest absolute Gasteiger partial charge is 0.160 e. The summed E-state index contributed by atoms with van der Waals surface area (Å²) in [5.74, 6) is 0.172. The van der Waals surface area contributed by atoms with Gasteiger partial charge in [-0.25, -0.2) is 0 Å². The Balaban J connectivity index is 2.50. The molecule has 0 radical (unpaired) electrons. The molecule has 0 amide bonds. The van der Waals surface area contributed by atoms with E-state index in [1.165, 1.54) is 10.5 Å². The minimum atomic E-state index is 0.172. The van der Waals surface area contributed by atoms with Gasteiger partial charge in [0.2, 0.25) is 0 Å². The van der Waals surface area contributed by atoms with Crippen LogP contribution in [0.1, 0.15) is 35.3 Å². The lowest BCUT2D eigenvalue weighted by molar-refractivity contribution is 0.101. The predicted octanol–water partition coefficient (Wildman–Crippen LogP) is 3.23. The van der Waals surface area contributed by atoms with Crippen molar-refractivity contribution in [2.45, 2.75) is 37.3 Å². The number of fused-ring (bicyclic) bond motifs is 1. The van der Waals surface area contributed by atoms with Crippen LogP contribution in [0, 0.1) is 6.92 Å². The van der Waals surface area contributed by atoms with E-state index in [9.17, 15) is 4.79 Å². The standard InChI is InChI=1S/C12H14OS/c1-7-4-10-5-8(2)14-12(10)6-11(7)9(3)13/h4,6,8H,5H2,1-3H3. The molecule has 0 fully saturated rings.